The van der Waals surface area contributed by atoms with Crippen molar-refractivity contribution in [3.05, 3.63) is 21.9 Å². The first kappa shape index (κ1) is 11.1. The van der Waals surface area contributed by atoms with Crippen molar-refractivity contribution in [2.75, 3.05) is 13.1 Å². The second-order valence-corrected chi connectivity index (χ2v) is 5.51. The van der Waals surface area contributed by atoms with Crippen LogP contribution in [-0.4, -0.2) is 29.2 Å². The van der Waals surface area contributed by atoms with E-state index in [0.717, 1.165) is 38.9 Å². The molecular weight excluding hydrogens is 206 g/mol. The summed E-state index contributed by atoms with van der Waals surface area (Å²) in [7, 11) is 0. The summed E-state index contributed by atoms with van der Waals surface area (Å²) in [6.45, 7) is 5.19. The highest BCUT2D eigenvalue weighted by molar-refractivity contribution is 7.11. The molecule has 0 bridgehead atoms. The molecule has 1 N–H and O–H groups in total. The van der Waals surface area contributed by atoms with Crippen LogP contribution in [0.4, 0.5) is 0 Å². The van der Waals surface area contributed by atoms with Gasteiger partial charge in [-0.15, -0.1) is 11.3 Å². The van der Waals surface area contributed by atoms with E-state index in [1.54, 1.807) is 0 Å². The first-order chi connectivity index (χ1) is 7.28. The Kier molecular flexibility index (Phi) is 3.78. The molecule has 1 aliphatic rings. The smallest absolute Gasteiger partial charge is 0.0667 e. The van der Waals surface area contributed by atoms with E-state index in [1.807, 2.05) is 11.3 Å². The van der Waals surface area contributed by atoms with Gasteiger partial charge >= 0.3 is 0 Å². The summed E-state index contributed by atoms with van der Waals surface area (Å²) in [4.78, 5) is 5.25. The van der Waals surface area contributed by atoms with Crippen molar-refractivity contribution in [3.8, 4) is 0 Å². The topological polar surface area (TPSA) is 23.5 Å². The summed E-state index contributed by atoms with van der Waals surface area (Å²) in [5.74, 6) is 0. The van der Waals surface area contributed by atoms with Crippen LogP contribution in [0.3, 0.4) is 0 Å². The summed E-state index contributed by atoms with van der Waals surface area (Å²) in [6.07, 6.45) is 3.13. The Balaban J connectivity index is 1.90. The van der Waals surface area contributed by atoms with Gasteiger partial charge in [0.25, 0.3) is 0 Å². The maximum absolute atomic E-state index is 9.57. The normalized spacial score (nSPS) is 23.2. The molecule has 15 heavy (non-hydrogen) atoms. The van der Waals surface area contributed by atoms with Gasteiger partial charge < -0.3 is 5.11 Å². The molecule has 1 saturated heterocycles. The maximum atomic E-state index is 9.57. The molecule has 1 aromatic rings. The number of hydrogen-bond acceptors (Lipinski definition) is 3. The largest absolute Gasteiger partial charge is 0.392 e. The zero-order valence-corrected chi connectivity index (χ0v) is 10.1. The van der Waals surface area contributed by atoms with Gasteiger partial charge in [-0.05, 0) is 37.9 Å². The average molecular weight is 225 g/mol. The van der Waals surface area contributed by atoms with E-state index in [-0.39, 0.29) is 6.10 Å². The number of aliphatic hydroxyl groups excluding tert-OH is 1. The average Bonchev–Trinajstić information content (AvgIpc) is 2.65. The second kappa shape index (κ2) is 5.10. The van der Waals surface area contributed by atoms with Crippen LogP contribution in [0.5, 0.6) is 0 Å². The van der Waals surface area contributed by atoms with E-state index in [0.29, 0.717) is 0 Å². The second-order valence-electron chi connectivity index (χ2n) is 4.25. The molecule has 1 fully saturated rings. The van der Waals surface area contributed by atoms with Crippen LogP contribution in [0.25, 0.3) is 0 Å². The van der Waals surface area contributed by atoms with Crippen LogP contribution in [0, 0.1) is 0 Å². The van der Waals surface area contributed by atoms with Crippen molar-refractivity contribution in [3.63, 3.8) is 0 Å². The Morgan fingerprint density at radius 3 is 2.93 bits per heavy atom. The SMILES string of the molecule is CCc1ccc(CN2CCCC(O)C2)s1. The Hall–Kier alpha value is -0.380. The van der Waals surface area contributed by atoms with Crippen molar-refractivity contribution in [1.82, 2.24) is 4.90 Å². The fourth-order valence-electron chi connectivity index (χ4n) is 2.09. The molecule has 2 nitrogen and oxygen atoms in total. The summed E-state index contributed by atoms with van der Waals surface area (Å²) in [5, 5.41) is 9.57. The molecule has 1 unspecified atom stereocenters. The minimum atomic E-state index is -0.107. The van der Waals surface area contributed by atoms with Crippen LogP contribution in [0.15, 0.2) is 12.1 Å². The predicted octanol–water partition coefficient (Wildman–Crippen LogP) is 2.27. The van der Waals surface area contributed by atoms with E-state index < -0.39 is 0 Å². The summed E-state index contributed by atoms with van der Waals surface area (Å²) in [5.41, 5.74) is 0. The lowest BCUT2D eigenvalue weighted by molar-refractivity contribution is 0.0673. The Morgan fingerprint density at radius 2 is 2.27 bits per heavy atom. The van der Waals surface area contributed by atoms with Gasteiger partial charge in [-0.3, -0.25) is 4.90 Å². The fourth-order valence-corrected chi connectivity index (χ4v) is 3.09. The molecule has 0 radical (unpaired) electrons. The molecule has 0 aliphatic carbocycles. The van der Waals surface area contributed by atoms with Crippen LogP contribution in [-0.2, 0) is 13.0 Å². The van der Waals surface area contributed by atoms with Crippen LogP contribution in [0.1, 0.15) is 29.5 Å². The molecule has 2 heterocycles. The molecule has 1 aromatic heterocycles. The minimum absolute atomic E-state index is 0.107. The van der Waals surface area contributed by atoms with E-state index >= 15 is 0 Å². The monoisotopic (exact) mass is 225 g/mol. The van der Waals surface area contributed by atoms with Crippen molar-refractivity contribution in [1.29, 1.82) is 0 Å². The Morgan fingerprint density at radius 1 is 1.47 bits per heavy atom. The molecular formula is C12H19NOS. The quantitative estimate of drug-likeness (QED) is 0.853. The third-order valence-electron chi connectivity index (χ3n) is 2.93. The van der Waals surface area contributed by atoms with Crippen molar-refractivity contribution in [2.24, 2.45) is 0 Å². The molecule has 2 rings (SSSR count). The zero-order valence-electron chi connectivity index (χ0n) is 9.28. The number of piperidine rings is 1. The van der Waals surface area contributed by atoms with Gasteiger partial charge in [0.05, 0.1) is 6.10 Å². The summed E-state index contributed by atoms with van der Waals surface area (Å²) in [6, 6.07) is 4.45. The standard InChI is InChI=1S/C12H19NOS/c1-2-11-5-6-12(15-11)9-13-7-3-4-10(14)8-13/h5-6,10,14H,2-4,7-9H2,1H3. The van der Waals surface area contributed by atoms with Gasteiger partial charge in [0, 0.05) is 22.8 Å². The molecule has 3 heteroatoms. The van der Waals surface area contributed by atoms with Crippen LogP contribution >= 0.6 is 11.3 Å². The van der Waals surface area contributed by atoms with Crippen molar-refractivity contribution < 1.29 is 5.11 Å². The number of likely N-dealkylation sites (tertiary alicyclic amines) is 1. The maximum Gasteiger partial charge on any atom is 0.0667 e. The lowest BCUT2D eigenvalue weighted by Crippen LogP contribution is -2.37. The minimum Gasteiger partial charge on any atom is -0.392 e. The van der Waals surface area contributed by atoms with E-state index in [9.17, 15) is 5.11 Å². The molecule has 0 aromatic carbocycles. The number of aryl methyl sites for hydroxylation is 1. The molecule has 0 amide bonds. The fraction of sp³-hybridized carbons (Fsp3) is 0.667. The van der Waals surface area contributed by atoms with Crippen LogP contribution < -0.4 is 0 Å². The summed E-state index contributed by atoms with van der Waals surface area (Å²) < 4.78 is 0. The lowest BCUT2D eigenvalue weighted by atomic mass is 10.1. The Labute approximate surface area is 95.5 Å². The highest BCUT2D eigenvalue weighted by Gasteiger charge is 2.17. The van der Waals surface area contributed by atoms with Gasteiger partial charge in [-0.25, -0.2) is 0 Å². The third-order valence-corrected chi connectivity index (χ3v) is 4.14. The first-order valence-corrected chi connectivity index (χ1v) is 6.57. The van der Waals surface area contributed by atoms with Gasteiger partial charge in [0.2, 0.25) is 0 Å². The number of aliphatic hydroxyl groups is 1. The lowest BCUT2D eigenvalue weighted by Gasteiger charge is -2.29. The summed E-state index contributed by atoms with van der Waals surface area (Å²) >= 11 is 1.90. The number of rotatable bonds is 3. The first-order valence-electron chi connectivity index (χ1n) is 5.76. The molecule has 0 spiro atoms. The van der Waals surface area contributed by atoms with Gasteiger partial charge in [0.15, 0.2) is 0 Å². The molecule has 0 saturated carbocycles. The number of nitrogens with zero attached hydrogens (tertiary/aromatic N) is 1. The highest BCUT2D eigenvalue weighted by Crippen LogP contribution is 2.20. The number of β-amino-alcohol motifs (C(OH)–C–C–N with tert-alkyl or cyclic N) is 1. The predicted molar refractivity (Wildman–Crippen MR) is 64.2 cm³/mol. The molecule has 84 valence electrons. The van der Waals surface area contributed by atoms with Crippen LogP contribution in [0.2, 0.25) is 0 Å². The van der Waals surface area contributed by atoms with Gasteiger partial charge in [-0.1, -0.05) is 6.92 Å². The van der Waals surface area contributed by atoms with Crippen molar-refractivity contribution in [2.45, 2.75) is 38.8 Å². The van der Waals surface area contributed by atoms with Gasteiger partial charge in [0.1, 0.15) is 0 Å². The van der Waals surface area contributed by atoms with Gasteiger partial charge in [-0.2, -0.15) is 0 Å². The van der Waals surface area contributed by atoms with E-state index in [2.05, 4.69) is 24.0 Å². The Bertz CT molecular complexity index is 310. The van der Waals surface area contributed by atoms with E-state index in [4.69, 9.17) is 0 Å². The number of thiophene rings is 1. The zero-order chi connectivity index (χ0) is 10.7. The molecule has 1 aliphatic heterocycles. The third kappa shape index (κ3) is 3.03. The molecule has 1 atom stereocenters. The highest BCUT2D eigenvalue weighted by atomic mass is 32.1. The van der Waals surface area contributed by atoms with E-state index in [1.165, 1.54) is 9.75 Å². The van der Waals surface area contributed by atoms with Crippen molar-refractivity contribution >= 4 is 11.3 Å². The number of hydrogen-bond donors (Lipinski definition) is 1.